The van der Waals surface area contributed by atoms with Crippen molar-refractivity contribution in [3.63, 3.8) is 0 Å². The first-order chi connectivity index (χ1) is 16.2. The summed E-state index contributed by atoms with van der Waals surface area (Å²) < 4.78 is 25.9. The fourth-order valence-corrected chi connectivity index (χ4v) is 4.40. The number of imidazole rings is 1. The van der Waals surface area contributed by atoms with Gasteiger partial charge in [-0.3, -0.25) is 4.68 Å². The van der Waals surface area contributed by atoms with Crippen LogP contribution in [0.2, 0.25) is 0 Å². The zero-order valence-electron chi connectivity index (χ0n) is 18.7. The normalized spacial score (nSPS) is 15.5. The Hall–Kier alpha value is -3.50. The summed E-state index contributed by atoms with van der Waals surface area (Å²) in [5.41, 5.74) is 5.17. The van der Waals surface area contributed by atoms with Crippen LogP contribution in [0.25, 0.3) is 28.5 Å². The van der Waals surface area contributed by atoms with E-state index in [1.807, 2.05) is 22.9 Å². The number of methoxy groups -OCH3 is 3. The topological polar surface area (TPSA) is 102 Å². The van der Waals surface area contributed by atoms with E-state index in [9.17, 15) is 0 Å². The van der Waals surface area contributed by atoms with Crippen molar-refractivity contribution in [3.8, 4) is 34.2 Å². The predicted molar refractivity (Wildman–Crippen MR) is 117 cm³/mol. The fraction of sp³-hybridized carbons (Fsp3) is 0.391. The van der Waals surface area contributed by atoms with Crippen molar-refractivity contribution in [2.24, 2.45) is 0 Å². The number of rotatable bonds is 7. The molecule has 0 unspecified atom stereocenters. The molecule has 33 heavy (non-hydrogen) atoms. The Labute approximate surface area is 190 Å². The monoisotopic (exact) mass is 448 g/mol. The summed E-state index contributed by atoms with van der Waals surface area (Å²) >= 11 is 0. The van der Waals surface area contributed by atoms with Gasteiger partial charge in [0, 0.05) is 38.0 Å². The largest absolute Gasteiger partial charge is 0.497 e. The molecule has 10 heteroatoms. The minimum Gasteiger partial charge on any atom is -0.497 e. The quantitative estimate of drug-likeness (QED) is 0.374. The van der Waals surface area contributed by atoms with Gasteiger partial charge in [0.1, 0.15) is 23.4 Å². The number of hydrogen-bond donors (Lipinski definition) is 0. The third-order valence-electron chi connectivity index (χ3n) is 6.43. The zero-order chi connectivity index (χ0) is 22.6. The molecule has 10 nitrogen and oxygen atoms in total. The average Bonchev–Trinajstić information content (AvgIpc) is 3.16. The van der Waals surface area contributed by atoms with E-state index in [2.05, 4.69) is 25.9 Å². The molecule has 0 atom stereocenters. The summed E-state index contributed by atoms with van der Waals surface area (Å²) in [6.45, 7) is 1.25. The minimum atomic E-state index is -0.444. The molecule has 1 saturated carbocycles. The first-order valence-corrected chi connectivity index (χ1v) is 10.9. The van der Waals surface area contributed by atoms with Crippen molar-refractivity contribution in [2.45, 2.75) is 31.4 Å². The van der Waals surface area contributed by atoms with Gasteiger partial charge < -0.3 is 23.3 Å². The van der Waals surface area contributed by atoms with Crippen LogP contribution in [0.5, 0.6) is 5.75 Å². The van der Waals surface area contributed by atoms with Gasteiger partial charge in [-0.15, -0.1) is 0 Å². The highest BCUT2D eigenvalue weighted by atomic mass is 16.5. The molecule has 1 aliphatic heterocycles. The van der Waals surface area contributed by atoms with E-state index in [0.29, 0.717) is 37.0 Å². The van der Waals surface area contributed by atoms with Gasteiger partial charge in [0.05, 0.1) is 37.3 Å². The molecule has 4 heterocycles. The molecular formula is C23H24N6O4. The van der Waals surface area contributed by atoms with Crippen molar-refractivity contribution in [2.75, 3.05) is 27.9 Å². The Morgan fingerprint density at radius 3 is 2.79 bits per heavy atom. The third kappa shape index (κ3) is 3.17. The zero-order valence-corrected chi connectivity index (χ0v) is 18.7. The molecule has 0 spiro atoms. The van der Waals surface area contributed by atoms with E-state index >= 15 is 0 Å². The SMILES string of the molecule is COCCn1cc2c(n1)-c1cc(OC)ccc1-n1cnc(-c3noc(C4(OC)CC4)n3)c1C2. The highest BCUT2D eigenvalue weighted by Gasteiger charge is 2.50. The van der Waals surface area contributed by atoms with Crippen LogP contribution < -0.4 is 4.74 Å². The van der Waals surface area contributed by atoms with Gasteiger partial charge in [-0.05, 0) is 31.0 Å². The number of aromatic nitrogens is 6. The van der Waals surface area contributed by atoms with Gasteiger partial charge in [0.25, 0.3) is 5.89 Å². The van der Waals surface area contributed by atoms with Crippen LogP contribution in [-0.2, 0) is 28.0 Å². The van der Waals surface area contributed by atoms with Crippen molar-refractivity contribution < 1.29 is 18.7 Å². The number of benzene rings is 1. The van der Waals surface area contributed by atoms with Gasteiger partial charge in [-0.1, -0.05) is 5.16 Å². The van der Waals surface area contributed by atoms with E-state index in [0.717, 1.165) is 46.8 Å². The number of ether oxygens (including phenoxy) is 3. The Bertz CT molecular complexity index is 1330. The molecule has 0 N–H and O–H groups in total. The third-order valence-corrected chi connectivity index (χ3v) is 6.43. The smallest absolute Gasteiger partial charge is 0.259 e. The molecule has 4 aromatic rings. The lowest BCUT2D eigenvalue weighted by Gasteiger charge is -2.11. The second-order valence-electron chi connectivity index (χ2n) is 8.35. The summed E-state index contributed by atoms with van der Waals surface area (Å²) in [7, 11) is 5.03. The van der Waals surface area contributed by atoms with Crippen molar-refractivity contribution >= 4 is 0 Å². The van der Waals surface area contributed by atoms with Crippen LogP contribution in [0.3, 0.4) is 0 Å². The van der Waals surface area contributed by atoms with Crippen LogP contribution in [0, 0.1) is 0 Å². The van der Waals surface area contributed by atoms with E-state index < -0.39 is 5.60 Å². The number of hydrogen-bond acceptors (Lipinski definition) is 8. The number of nitrogens with zero attached hydrogens (tertiary/aromatic N) is 6. The first kappa shape index (κ1) is 20.1. The summed E-state index contributed by atoms with van der Waals surface area (Å²) in [6.07, 6.45) is 6.25. The molecule has 1 aromatic carbocycles. The van der Waals surface area contributed by atoms with E-state index in [-0.39, 0.29) is 0 Å². The van der Waals surface area contributed by atoms with Crippen molar-refractivity contribution in [1.29, 1.82) is 0 Å². The first-order valence-electron chi connectivity index (χ1n) is 10.9. The second-order valence-corrected chi connectivity index (χ2v) is 8.35. The molecule has 0 bridgehead atoms. The second kappa shape index (κ2) is 7.53. The lowest BCUT2D eigenvalue weighted by molar-refractivity contribution is 0.0492. The molecule has 6 rings (SSSR count). The highest BCUT2D eigenvalue weighted by Crippen LogP contribution is 2.48. The van der Waals surface area contributed by atoms with Crippen LogP contribution in [0.1, 0.15) is 30.0 Å². The van der Waals surface area contributed by atoms with Crippen LogP contribution in [-0.4, -0.2) is 57.4 Å². The van der Waals surface area contributed by atoms with E-state index in [1.54, 1.807) is 27.7 Å². The fourth-order valence-electron chi connectivity index (χ4n) is 4.40. The van der Waals surface area contributed by atoms with E-state index in [1.165, 1.54) is 0 Å². The van der Waals surface area contributed by atoms with Crippen molar-refractivity contribution in [1.82, 2.24) is 29.5 Å². The van der Waals surface area contributed by atoms with Crippen LogP contribution >= 0.6 is 0 Å². The average molecular weight is 448 g/mol. The van der Waals surface area contributed by atoms with Gasteiger partial charge in [0.2, 0.25) is 5.82 Å². The summed E-state index contributed by atoms with van der Waals surface area (Å²) in [6, 6.07) is 5.98. The lowest BCUT2D eigenvalue weighted by Crippen LogP contribution is -2.09. The molecule has 3 aromatic heterocycles. The predicted octanol–water partition coefficient (Wildman–Crippen LogP) is 2.98. The van der Waals surface area contributed by atoms with E-state index in [4.69, 9.17) is 23.8 Å². The van der Waals surface area contributed by atoms with Gasteiger partial charge in [-0.25, -0.2) is 4.98 Å². The Morgan fingerprint density at radius 2 is 2.03 bits per heavy atom. The van der Waals surface area contributed by atoms with Crippen LogP contribution in [0.4, 0.5) is 0 Å². The molecule has 0 saturated heterocycles. The minimum absolute atomic E-state index is 0.444. The summed E-state index contributed by atoms with van der Waals surface area (Å²) in [4.78, 5) is 9.33. The molecule has 1 fully saturated rings. The summed E-state index contributed by atoms with van der Waals surface area (Å²) in [5.74, 6) is 1.74. The Balaban J connectivity index is 1.49. The van der Waals surface area contributed by atoms with Gasteiger partial charge >= 0.3 is 0 Å². The van der Waals surface area contributed by atoms with Crippen LogP contribution in [0.15, 0.2) is 35.2 Å². The maximum Gasteiger partial charge on any atom is 0.259 e. The Kier molecular flexibility index (Phi) is 4.59. The van der Waals surface area contributed by atoms with Crippen molar-refractivity contribution in [3.05, 3.63) is 47.9 Å². The van der Waals surface area contributed by atoms with Gasteiger partial charge in [0.15, 0.2) is 0 Å². The molecule has 0 radical (unpaired) electrons. The molecule has 0 amide bonds. The van der Waals surface area contributed by atoms with Gasteiger partial charge in [-0.2, -0.15) is 10.1 Å². The molecule has 1 aliphatic carbocycles. The summed E-state index contributed by atoms with van der Waals surface area (Å²) in [5, 5.41) is 9.10. The molecule has 2 aliphatic rings. The maximum absolute atomic E-state index is 5.59. The molecular weight excluding hydrogens is 424 g/mol. The lowest BCUT2D eigenvalue weighted by atomic mass is 10.0. The maximum atomic E-state index is 5.59. The number of fused-ring (bicyclic) bond motifs is 5. The standard InChI is InChI=1S/C23H24N6O4/c1-30-9-8-28-12-14-10-18-20(21-25-22(33-27-21)23(32-3)6-7-23)24-13-29(18)17-5-4-15(31-2)11-16(17)19(14)26-28/h4-5,11-13H,6-10H2,1-3H3. The Morgan fingerprint density at radius 1 is 1.15 bits per heavy atom. The highest BCUT2D eigenvalue weighted by molar-refractivity contribution is 5.77. The molecule has 170 valence electrons.